The number of hydrogen-bond donors (Lipinski definition) is 1. The van der Waals surface area contributed by atoms with E-state index in [0.29, 0.717) is 37.9 Å². The van der Waals surface area contributed by atoms with Gasteiger partial charge in [-0.05, 0) is 48.2 Å². The van der Waals surface area contributed by atoms with Gasteiger partial charge in [0.15, 0.2) is 0 Å². The summed E-state index contributed by atoms with van der Waals surface area (Å²) in [4.78, 5) is 26.5. The van der Waals surface area contributed by atoms with Crippen molar-refractivity contribution in [3.63, 3.8) is 0 Å². The number of aryl methyl sites for hydroxylation is 1. The van der Waals surface area contributed by atoms with E-state index >= 15 is 0 Å². The first-order valence-corrected chi connectivity index (χ1v) is 8.61. The molecular weight excluding hydrogens is 338 g/mol. The molecule has 26 heavy (non-hydrogen) atoms. The van der Waals surface area contributed by atoms with E-state index in [0.717, 1.165) is 5.56 Å². The van der Waals surface area contributed by atoms with Gasteiger partial charge in [-0.15, -0.1) is 0 Å². The zero-order valence-corrected chi connectivity index (χ0v) is 14.3. The van der Waals surface area contributed by atoms with Crippen molar-refractivity contribution in [2.24, 2.45) is 0 Å². The molecule has 2 aromatic carbocycles. The molecule has 2 amide bonds. The van der Waals surface area contributed by atoms with Crippen molar-refractivity contribution in [1.29, 1.82) is 0 Å². The van der Waals surface area contributed by atoms with Crippen molar-refractivity contribution in [3.05, 3.63) is 71.3 Å². The molecule has 0 bridgehead atoms. The van der Waals surface area contributed by atoms with Crippen molar-refractivity contribution in [1.82, 2.24) is 10.2 Å². The van der Waals surface area contributed by atoms with Crippen LogP contribution in [0.4, 0.5) is 8.78 Å². The summed E-state index contributed by atoms with van der Waals surface area (Å²) in [7, 11) is 0. The first-order chi connectivity index (χ1) is 12.5. The van der Waals surface area contributed by atoms with Crippen LogP contribution in [0.15, 0.2) is 48.5 Å². The van der Waals surface area contributed by atoms with Gasteiger partial charge in [0.05, 0.1) is 0 Å². The summed E-state index contributed by atoms with van der Waals surface area (Å²) in [6, 6.07) is 11.1. The van der Waals surface area contributed by atoms with Gasteiger partial charge in [0.25, 0.3) is 0 Å². The molecule has 1 heterocycles. The van der Waals surface area contributed by atoms with Crippen LogP contribution in [0.3, 0.4) is 0 Å². The van der Waals surface area contributed by atoms with Gasteiger partial charge in [0.1, 0.15) is 17.7 Å². The van der Waals surface area contributed by atoms with Gasteiger partial charge in [-0.2, -0.15) is 0 Å². The fourth-order valence-electron chi connectivity index (χ4n) is 3.15. The maximum Gasteiger partial charge on any atom is 0.247 e. The number of halogens is 2. The van der Waals surface area contributed by atoms with Crippen LogP contribution in [0.25, 0.3) is 0 Å². The Kier molecular flexibility index (Phi) is 5.61. The highest BCUT2D eigenvalue weighted by Gasteiger charge is 2.33. The Morgan fingerprint density at radius 2 is 1.65 bits per heavy atom. The number of carbonyl (C=O) groups is 2. The maximum atomic E-state index is 13.2. The van der Waals surface area contributed by atoms with E-state index in [2.05, 4.69) is 5.32 Å². The summed E-state index contributed by atoms with van der Waals surface area (Å²) >= 11 is 0. The number of amides is 2. The third kappa shape index (κ3) is 4.25. The number of rotatable bonds is 5. The molecule has 1 atom stereocenters. The van der Waals surface area contributed by atoms with Crippen molar-refractivity contribution in [2.75, 3.05) is 13.1 Å². The predicted molar refractivity (Wildman–Crippen MR) is 93.2 cm³/mol. The molecular formula is C20H20F2N2O2. The SMILES string of the molecule is O=C1NCCN(C(=O)CCCc2ccc(F)cc2)C1c1ccc(F)cc1. The first-order valence-electron chi connectivity index (χ1n) is 8.61. The molecule has 1 unspecified atom stereocenters. The predicted octanol–water partition coefficient (Wildman–Crippen LogP) is 2.99. The standard InChI is InChI=1S/C20H20F2N2O2/c21-16-8-4-14(5-9-16)2-1-3-18(25)24-13-12-23-20(26)19(24)15-6-10-17(22)11-7-15/h4-11,19H,1-3,12-13H2,(H,23,26). The number of hydrogen-bond acceptors (Lipinski definition) is 2. The van der Waals surface area contributed by atoms with Gasteiger partial charge in [0.2, 0.25) is 11.8 Å². The van der Waals surface area contributed by atoms with Gasteiger partial charge in [-0.3, -0.25) is 9.59 Å². The van der Waals surface area contributed by atoms with Gasteiger partial charge in [-0.25, -0.2) is 8.78 Å². The Balaban J connectivity index is 1.64. The number of carbonyl (C=O) groups excluding carboxylic acids is 2. The molecule has 0 aromatic heterocycles. The maximum absolute atomic E-state index is 13.2. The highest BCUT2D eigenvalue weighted by Crippen LogP contribution is 2.25. The molecule has 0 spiro atoms. The van der Waals surface area contributed by atoms with E-state index in [1.54, 1.807) is 17.0 Å². The number of benzene rings is 2. The fourth-order valence-corrected chi connectivity index (χ4v) is 3.15. The normalized spacial score (nSPS) is 17.1. The molecule has 1 N–H and O–H groups in total. The van der Waals surface area contributed by atoms with Crippen molar-refractivity contribution in [2.45, 2.75) is 25.3 Å². The second-order valence-corrected chi connectivity index (χ2v) is 6.31. The van der Waals surface area contributed by atoms with Crippen LogP contribution >= 0.6 is 0 Å². The minimum Gasteiger partial charge on any atom is -0.352 e. The van der Waals surface area contributed by atoms with E-state index in [9.17, 15) is 18.4 Å². The second kappa shape index (κ2) is 8.08. The highest BCUT2D eigenvalue weighted by molar-refractivity contribution is 5.89. The molecule has 1 saturated heterocycles. The van der Waals surface area contributed by atoms with E-state index in [-0.39, 0.29) is 23.4 Å². The van der Waals surface area contributed by atoms with Gasteiger partial charge in [-0.1, -0.05) is 24.3 Å². The number of piperazine rings is 1. The van der Waals surface area contributed by atoms with Crippen LogP contribution in [-0.4, -0.2) is 29.8 Å². The lowest BCUT2D eigenvalue weighted by atomic mass is 10.0. The average Bonchev–Trinajstić information content (AvgIpc) is 2.64. The van der Waals surface area contributed by atoms with E-state index in [1.807, 2.05) is 0 Å². The average molecular weight is 358 g/mol. The summed E-state index contributed by atoms with van der Waals surface area (Å²) in [5.41, 5.74) is 1.56. The smallest absolute Gasteiger partial charge is 0.247 e. The lowest BCUT2D eigenvalue weighted by molar-refractivity contribution is -0.143. The first kappa shape index (κ1) is 18.0. The van der Waals surface area contributed by atoms with Crippen LogP contribution in [0.1, 0.15) is 30.0 Å². The van der Waals surface area contributed by atoms with Crippen LogP contribution in [0.2, 0.25) is 0 Å². The van der Waals surface area contributed by atoms with Gasteiger partial charge < -0.3 is 10.2 Å². The van der Waals surface area contributed by atoms with E-state index < -0.39 is 6.04 Å². The van der Waals surface area contributed by atoms with Gasteiger partial charge >= 0.3 is 0 Å². The third-order valence-electron chi connectivity index (χ3n) is 4.49. The monoisotopic (exact) mass is 358 g/mol. The number of nitrogens with one attached hydrogen (secondary N) is 1. The zero-order chi connectivity index (χ0) is 18.5. The Hall–Kier alpha value is -2.76. The minimum atomic E-state index is -0.734. The second-order valence-electron chi connectivity index (χ2n) is 6.31. The largest absolute Gasteiger partial charge is 0.352 e. The summed E-state index contributed by atoms with van der Waals surface area (Å²) < 4.78 is 26.1. The molecule has 0 saturated carbocycles. The summed E-state index contributed by atoms with van der Waals surface area (Å²) in [6.45, 7) is 0.823. The minimum absolute atomic E-state index is 0.115. The Morgan fingerprint density at radius 3 is 2.31 bits per heavy atom. The molecule has 4 nitrogen and oxygen atoms in total. The van der Waals surface area contributed by atoms with Crippen LogP contribution < -0.4 is 5.32 Å². The van der Waals surface area contributed by atoms with Crippen molar-refractivity contribution < 1.29 is 18.4 Å². The Labute approximate surface area is 150 Å². The molecule has 1 fully saturated rings. The molecule has 0 radical (unpaired) electrons. The van der Waals surface area contributed by atoms with Crippen molar-refractivity contribution >= 4 is 11.8 Å². The van der Waals surface area contributed by atoms with Crippen LogP contribution in [0.5, 0.6) is 0 Å². The molecule has 2 aromatic rings. The molecule has 0 aliphatic carbocycles. The van der Waals surface area contributed by atoms with Crippen LogP contribution in [-0.2, 0) is 16.0 Å². The van der Waals surface area contributed by atoms with E-state index in [1.165, 1.54) is 36.4 Å². The van der Waals surface area contributed by atoms with Crippen molar-refractivity contribution in [3.8, 4) is 0 Å². The molecule has 3 rings (SSSR count). The lowest BCUT2D eigenvalue weighted by Crippen LogP contribution is -2.52. The Bertz CT molecular complexity index is 775. The number of nitrogens with zero attached hydrogens (tertiary/aromatic N) is 1. The summed E-state index contributed by atoms with van der Waals surface area (Å²) in [5, 5.41) is 2.76. The van der Waals surface area contributed by atoms with Crippen LogP contribution in [0, 0.1) is 11.6 Å². The third-order valence-corrected chi connectivity index (χ3v) is 4.49. The Morgan fingerprint density at radius 1 is 1.04 bits per heavy atom. The molecule has 6 heteroatoms. The van der Waals surface area contributed by atoms with Gasteiger partial charge in [0, 0.05) is 19.5 Å². The zero-order valence-electron chi connectivity index (χ0n) is 14.3. The highest BCUT2D eigenvalue weighted by atomic mass is 19.1. The molecule has 1 aliphatic rings. The molecule has 136 valence electrons. The van der Waals surface area contributed by atoms with E-state index in [4.69, 9.17) is 0 Å². The fraction of sp³-hybridized carbons (Fsp3) is 0.300. The lowest BCUT2D eigenvalue weighted by Gasteiger charge is -2.35. The summed E-state index contributed by atoms with van der Waals surface area (Å²) in [5.74, 6) is -1.04. The quantitative estimate of drug-likeness (QED) is 0.893. The summed E-state index contributed by atoms with van der Waals surface area (Å²) in [6.07, 6.45) is 1.56. The molecule has 1 aliphatic heterocycles. The topological polar surface area (TPSA) is 49.4 Å².